The summed E-state index contributed by atoms with van der Waals surface area (Å²) in [5.41, 5.74) is 4.86. The second kappa shape index (κ2) is 7.61. The van der Waals surface area contributed by atoms with Gasteiger partial charge in [-0.15, -0.1) is 11.3 Å². The molecule has 130 valence electrons. The maximum Gasteiger partial charge on any atom is 0.341 e. The Labute approximate surface area is 151 Å². The van der Waals surface area contributed by atoms with Gasteiger partial charge >= 0.3 is 5.97 Å². The highest BCUT2D eigenvalue weighted by molar-refractivity contribution is 7.12. The van der Waals surface area contributed by atoms with Crippen LogP contribution in [0, 0.1) is 13.8 Å². The van der Waals surface area contributed by atoms with Gasteiger partial charge in [0.1, 0.15) is 5.56 Å². The zero-order valence-electron chi connectivity index (χ0n) is 14.7. The molecule has 3 aromatic rings. The second-order valence-corrected chi connectivity index (χ2v) is 6.72. The fourth-order valence-corrected chi connectivity index (χ4v) is 3.53. The number of carbonyl (C=O) groups excluding carboxylic acids is 1. The van der Waals surface area contributed by atoms with Crippen LogP contribution in [-0.2, 0) is 17.6 Å². The molecule has 0 aliphatic rings. The third-order valence-corrected chi connectivity index (χ3v) is 4.84. The first-order valence-corrected chi connectivity index (χ1v) is 9.18. The fraction of sp³-hybridized carbons (Fsp3) is 0.316. The highest BCUT2D eigenvalue weighted by Gasteiger charge is 2.17. The van der Waals surface area contributed by atoms with Crippen molar-refractivity contribution >= 4 is 17.3 Å². The van der Waals surface area contributed by atoms with Crippen LogP contribution in [0.15, 0.2) is 35.8 Å². The Morgan fingerprint density at radius 2 is 2.12 bits per heavy atom. The van der Waals surface area contributed by atoms with Crippen LogP contribution in [0.1, 0.15) is 39.8 Å². The Bertz CT molecular complexity index is 882. The van der Waals surface area contributed by atoms with Crippen molar-refractivity contribution in [2.45, 2.75) is 33.6 Å². The van der Waals surface area contributed by atoms with Gasteiger partial charge in [-0.25, -0.2) is 14.5 Å². The van der Waals surface area contributed by atoms with Crippen LogP contribution in [0.2, 0.25) is 0 Å². The van der Waals surface area contributed by atoms with E-state index in [1.807, 2.05) is 6.92 Å². The van der Waals surface area contributed by atoms with Crippen LogP contribution < -0.4 is 0 Å². The summed E-state index contributed by atoms with van der Waals surface area (Å²) in [4.78, 5) is 16.6. The zero-order chi connectivity index (χ0) is 17.8. The predicted molar refractivity (Wildman–Crippen MR) is 98.5 cm³/mol. The molecule has 0 aliphatic carbocycles. The average Bonchev–Trinajstić information content (AvgIpc) is 3.19. The molecular formula is C19H21N3O2S. The van der Waals surface area contributed by atoms with E-state index in [9.17, 15) is 4.79 Å². The van der Waals surface area contributed by atoms with E-state index in [1.54, 1.807) is 17.8 Å². The molecule has 2 aromatic heterocycles. The van der Waals surface area contributed by atoms with Crippen LogP contribution in [-0.4, -0.2) is 27.3 Å². The summed E-state index contributed by atoms with van der Waals surface area (Å²) in [5, 5.41) is 7.12. The minimum Gasteiger partial charge on any atom is -0.462 e. The van der Waals surface area contributed by atoms with Crippen molar-refractivity contribution in [2.75, 3.05) is 6.61 Å². The minimum atomic E-state index is -0.345. The molecule has 0 amide bonds. The molecule has 0 saturated carbocycles. The molecule has 0 fully saturated rings. The standard InChI is InChI=1S/C19H21N3O2S/c1-4-24-18(23)17-11-20-22(14(17)3)19-21-16(12-25-19)9-8-15-7-5-6-13(2)10-15/h5-7,10-12H,4,8-9H2,1-3H3. The first kappa shape index (κ1) is 17.4. The molecule has 3 rings (SSSR count). The molecule has 5 nitrogen and oxygen atoms in total. The molecule has 1 aromatic carbocycles. The van der Waals surface area contributed by atoms with Crippen molar-refractivity contribution in [3.05, 3.63) is 63.9 Å². The Balaban J connectivity index is 1.72. The lowest BCUT2D eigenvalue weighted by Gasteiger charge is -2.02. The van der Waals surface area contributed by atoms with Gasteiger partial charge in [0.25, 0.3) is 0 Å². The molecule has 0 aliphatic heterocycles. The monoisotopic (exact) mass is 355 g/mol. The minimum absolute atomic E-state index is 0.345. The second-order valence-electron chi connectivity index (χ2n) is 5.89. The molecule has 0 saturated heterocycles. The SMILES string of the molecule is CCOC(=O)c1cnn(-c2nc(CCc3cccc(C)c3)cs2)c1C. The van der Waals surface area contributed by atoms with Gasteiger partial charge in [0.2, 0.25) is 5.13 Å². The third-order valence-electron chi connectivity index (χ3n) is 3.98. The summed E-state index contributed by atoms with van der Waals surface area (Å²) in [6.45, 7) is 6.10. The lowest BCUT2D eigenvalue weighted by atomic mass is 10.1. The summed E-state index contributed by atoms with van der Waals surface area (Å²) in [5.74, 6) is -0.345. The molecule has 0 bridgehead atoms. The lowest BCUT2D eigenvalue weighted by molar-refractivity contribution is 0.0525. The topological polar surface area (TPSA) is 57.0 Å². The number of hydrogen-bond donors (Lipinski definition) is 0. The lowest BCUT2D eigenvalue weighted by Crippen LogP contribution is -2.07. The number of nitrogens with zero attached hydrogens (tertiary/aromatic N) is 3. The summed E-state index contributed by atoms with van der Waals surface area (Å²) in [7, 11) is 0. The summed E-state index contributed by atoms with van der Waals surface area (Å²) in [6.07, 6.45) is 3.38. The number of aryl methyl sites for hydroxylation is 3. The molecule has 25 heavy (non-hydrogen) atoms. The number of ether oxygens (including phenoxy) is 1. The van der Waals surface area contributed by atoms with E-state index in [1.165, 1.54) is 22.5 Å². The molecule has 6 heteroatoms. The van der Waals surface area contributed by atoms with Crippen molar-refractivity contribution in [3.63, 3.8) is 0 Å². The van der Waals surface area contributed by atoms with Crippen molar-refractivity contribution in [1.82, 2.24) is 14.8 Å². The van der Waals surface area contributed by atoms with Gasteiger partial charge in [-0.05, 0) is 39.2 Å². The van der Waals surface area contributed by atoms with Crippen LogP contribution in [0.3, 0.4) is 0 Å². The van der Waals surface area contributed by atoms with E-state index in [-0.39, 0.29) is 5.97 Å². The van der Waals surface area contributed by atoms with Crippen LogP contribution in [0.4, 0.5) is 0 Å². The Kier molecular flexibility index (Phi) is 5.28. The van der Waals surface area contributed by atoms with Crippen molar-refractivity contribution in [2.24, 2.45) is 0 Å². The number of rotatable bonds is 6. The van der Waals surface area contributed by atoms with E-state index in [0.29, 0.717) is 12.2 Å². The van der Waals surface area contributed by atoms with Gasteiger partial charge < -0.3 is 4.74 Å². The quantitative estimate of drug-likeness (QED) is 0.629. The molecule has 0 radical (unpaired) electrons. The van der Waals surface area contributed by atoms with E-state index >= 15 is 0 Å². The zero-order valence-corrected chi connectivity index (χ0v) is 15.5. The normalized spacial score (nSPS) is 10.8. The van der Waals surface area contributed by atoms with Gasteiger partial charge in [0.05, 0.1) is 24.2 Å². The average molecular weight is 355 g/mol. The van der Waals surface area contributed by atoms with Gasteiger partial charge in [0, 0.05) is 5.38 Å². The highest BCUT2D eigenvalue weighted by atomic mass is 32.1. The molecule has 0 unspecified atom stereocenters. The van der Waals surface area contributed by atoms with Crippen molar-refractivity contribution in [1.29, 1.82) is 0 Å². The first-order chi connectivity index (χ1) is 12.1. The van der Waals surface area contributed by atoms with E-state index in [4.69, 9.17) is 4.74 Å². The van der Waals surface area contributed by atoms with E-state index < -0.39 is 0 Å². The van der Waals surface area contributed by atoms with Crippen molar-refractivity contribution < 1.29 is 9.53 Å². The predicted octanol–water partition coefficient (Wildman–Crippen LogP) is 3.91. The molecule has 0 N–H and O–H groups in total. The smallest absolute Gasteiger partial charge is 0.341 e. The van der Waals surface area contributed by atoms with Gasteiger partial charge in [-0.1, -0.05) is 29.8 Å². The Hall–Kier alpha value is -2.47. The highest BCUT2D eigenvalue weighted by Crippen LogP contribution is 2.20. The van der Waals surface area contributed by atoms with E-state index in [2.05, 4.69) is 46.7 Å². The maximum atomic E-state index is 11.9. The van der Waals surface area contributed by atoms with Crippen LogP contribution >= 0.6 is 11.3 Å². The number of aromatic nitrogens is 3. The van der Waals surface area contributed by atoms with Crippen LogP contribution in [0.25, 0.3) is 5.13 Å². The summed E-state index contributed by atoms with van der Waals surface area (Å²) in [6, 6.07) is 8.54. The number of thiazole rings is 1. The molecule has 2 heterocycles. The van der Waals surface area contributed by atoms with Crippen molar-refractivity contribution in [3.8, 4) is 5.13 Å². The number of hydrogen-bond acceptors (Lipinski definition) is 5. The molecule has 0 atom stereocenters. The number of esters is 1. The Morgan fingerprint density at radius 3 is 2.88 bits per heavy atom. The van der Waals surface area contributed by atoms with E-state index in [0.717, 1.165) is 29.4 Å². The van der Waals surface area contributed by atoms with Gasteiger partial charge in [0.15, 0.2) is 0 Å². The third kappa shape index (κ3) is 3.96. The molecule has 0 spiro atoms. The number of carbonyl (C=O) groups is 1. The summed E-state index contributed by atoms with van der Waals surface area (Å²) >= 11 is 1.53. The van der Waals surface area contributed by atoms with Gasteiger partial charge in [-0.3, -0.25) is 0 Å². The van der Waals surface area contributed by atoms with Gasteiger partial charge in [-0.2, -0.15) is 5.10 Å². The largest absolute Gasteiger partial charge is 0.462 e. The summed E-state index contributed by atoms with van der Waals surface area (Å²) < 4.78 is 6.75. The molecular weight excluding hydrogens is 334 g/mol. The maximum absolute atomic E-state index is 11.9. The fourth-order valence-electron chi connectivity index (χ4n) is 2.66. The number of benzene rings is 1. The Morgan fingerprint density at radius 1 is 1.28 bits per heavy atom. The van der Waals surface area contributed by atoms with Crippen LogP contribution in [0.5, 0.6) is 0 Å². The first-order valence-electron chi connectivity index (χ1n) is 8.30.